The Morgan fingerprint density at radius 2 is 2.04 bits per heavy atom. The average Bonchev–Trinajstić information content (AvgIpc) is 3.03. The number of carbonyl (C=O) groups excluding carboxylic acids is 2. The number of rotatable bonds is 3. The number of nitrogens with one attached hydrogen (secondary N) is 1. The van der Waals surface area contributed by atoms with Gasteiger partial charge < -0.3 is 14.6 Å². The van der Waals surface area contributed by atoms with E-state index in [9.17, 15) is 9.59 Å². The van der Waals surface area contributed by atoms with E-state index in [2.05, 4.69) is 12.2 Å². The first-order chi connectivity index (χ1) is 12.0. The van der Waals surface area contributed by atoms with E-state index in [0.29, 0.717) is 11.3 Å². The highest BCUT2D eigenvalue weighted by Crippen LogP contribution is 2.23. The summed E-state index contributed by atoms with van der Waals surface area (Å²) in [6, 6.07) is 8.62. The van der Waals surface area contributed by atoms with Crippen LogP contribution in [0.25, 0.3) is 0 Å². The minimum Gasteiger partial charge on any atom is -0.440 e. The van der Waals surface area contributed by atoms with E-state index < -0.39 is 0 Å². The van der Waals surface area contributed by atoms with Crippen molar-refractivity contribution in [2.24, 2.45) is 0 Å². The Morgan fingerprint density at radius 3 is 2.68 bits per heavy atom. The van der Waals surface area contributed by atoms with Gasteiger partial charge in [0.2, 0.25) is 0 Å². The average molecular weight is 361 g/mol. The highest BCUT2D eigenvalue weighted by Gasteiger charge is 2.24. The summed E-state index contributed by atoms with van der Waals surface area (Å²) in [7, 11) is 0. The molecule has 1 aromatic carbocycles. The van der Waals surface area contributed by atoms with Crippen molar-refractivity contribution in [3.63, 3.8) is 0 Å². The van der Waals surface area contributed by atoms with Gasteiger partial charge in [0.25, 0.3) is 11.8 Å². The molecule has 2 amide bonds. The largest absolute Gasteiger partial charge is 0.440 e. The summed E-state index contributed by atoms with van der Waals surface area (Å²) >= 11 is 5.69. The van der Waals surface area contributed by atoms with Crippen LogP contribution in [0.2, 0.25) is 5.22 Å². The molecule has 6 heteroatoms. The zero-order chi connectivity index (χ0) is 18.0. The van der Waals surface area contributed by atoms with E-state index in [1.54, 1.807) is 12.1 Å². The number of hydrogen-bond acceptors (Lipinski definition) is 3. The fraction of sp³-hybridized carbons (Fsp3) is 0.368. The molecule has 1 unspecified atom stereocenters. The summed E-state index contributed by atoms with van der Waals surface area (Å²) in [4.78, 5) is 26.8. The number of hydrogen-bond donors (Lipinski definition) is 1. The summed E-state index contributed by atoms with van der Waals surface area (Å²) in [5, 5.41) is 2.94. The van der Waals surface area contributed by atoms with Gasteiger partial charge in [-0.3, -0.25) is 9.59 Å². The number of amides is 2. The number of benzene rings is 1. The molecule has 1 fully saturated rings. The number of furan rings is 1. The molecule has 1 atom stereocenters. The molecule has 25 heavy (non-hydrogen) atoms. The summed E-state index contributed by atoms with van der Waals surface area (Å²) in [6.07, 6.45) is 3.27. The zero-order valence-electron chi connectivity index (χ0n) is 14.3. The Hall–Kier alpha value is -2.27. The van der Waals surface area contributed by atoms with Crippen LogP contribution < -0.4 is 5.32 Å². The van der Waals surface area contributed by atoms with Crippen molar-refractivity contribution >= 4 is 29.1 Å². The Balaban J connectivity index is 1.74. The van der Waals surface area contributed by atoms with E-state index in [0.717, 1.165) is 24.9 Å². The van der Waals surface area contributed by atoms with Gasteiger partial charge in [0.05, 0.1) is 0 Å². The molecule has 1 aliphatic heterocycles. The first-order valence-electron chi connectivity index (χ1n) is 8.44. The minimum atomic E-state index is -0.376. The fourth-order valence-corrected chi connectivity index (χ4v) is 3.27. The van der Waals surface area contributed by atoms with Gasteiger partial charge in [-0.1, -0.05) is 0 Å². The van der Waals surface area contributed by atoms with E-state index in [4.69, 9.17) is 16.0 Å². The quantitative estimate of drug-likeness (QED) is 0.876. The summed E-state index contributed by atoms with van der Waals surface area (Å²) < 4.78 is 5.10. The second-order valence-electron chi connectivity index (χ2n) is 6.43. The van der Waals surface area contributed by atoms with E-state index >= 15 is 0 Å². The molecular formula is C19H21ClN2O3. The molecule has 2 heterocycles. The van der Waals surface area contributed by atoms with Crippen molar-refractivity contribution in [1.82, 2.24) is 4.90 Å². The van der Waals surface area contributed by atoms with Gasteiger partial charge in [0.15, 0.2) is 11.0 Å². The van der Waals surface area contributed by atoms with Crippen LogP contribution in [0.1, 0.15) is 52.7 Å². The topological polar surface area (TPSA) is 62.6 Å². The maximum absolute atomic E-state index is 12.7. The molecule has 0 radical (unpaired) electrons. The number of aryl methyl sites for hydroxylation is 1. The minimum absolute atomic E-state index is 0.0472. The van der Waals surface area contributed by atoms with E-state index in [1.807, 2.05) is 17.9 Å². The first-order valence-corrected chi connectivity index (χ1v) is 8.82. The smallest absolute Gasteiger partial charge is 0.291 e. The summed E-state index contributed by atoms with van der Waals surface area (Å²) in [5.41, 5.74) is 2.10. The molecule has 3 rings (SSSR count). The normalized spacial score (nSPS) is 17.4. The Bertz CT molecular complexity index is 800. The van der Waals surface area contributed by atoms with Crippen LogP contribution in [0.3, 0.4) is 0 Å². The Kier molecular flexibility index (Phi) is 5.13. The number of nitrogens with zero attached hydrogens (tertiary/aromatic N) is 1. The van der Waals surface area contributed by atoms with Gasteiger partial charge in [0.1, 0.15) is 0 Å². The lowest BCUT2D eigenvalue weighted by atomic mass is 10.0. The number of anilines is 1. The monoisotopic (exact) mass is 360 g/mol. The Morgan fingerprint density at radius 1 is 1.24 bits per heavy atom. The Labute approximate surface area is 151 Å². The third-order valence-electron chi connectivity index (χ3n) is 4.58. The van der Waals surface area contributed by atoms with Gasteiger partial charge in [-0.25, -0.2) is 0 Å². The second kappa shape index (κ2) is 7.31. The lowest BCUT2D eigenvalue weighted by Gasteiger charge is -2.33. The zero-order valence-corrected chi connectivity index (χ0v) is 15.1. The molecule has 1 aliphatic rings. The van der Waals surface area contributed by atoms with Crippen LogP contribution in [0, 0.1) is 6.92 Å². The van der Waals surface area contributed by atoms with Crippen LogP contribution in [-0.4, -0.2) is 29.3 Å². The molecule has 2 aromatic rings. The molecular weight excluding hydrogens is 340 g/mol. The lowest BCUT2D eigenvalue weighted by Crippen LogP contribution is -2.42. The fourth-order valence-electron chi connectivity index (χ4n) is 3.12. The number of piperidine rings is 1. The summed E-state index contributed by atoms with van der Waals surface area (Å²) in [5.74, 6) is -0.184. The number of carbonyl (C=O) groups is 2. The third kappa shape index (κ3) is 3.87. The van der Waals surface area contributed by atoms with E-state index in [-0.39, 0.29) is 28.8 Å². The van der Waals surface area contributed by atoms with Crippen molar-refractivity contribution in [2.75, 3.05) is 11.9 Å². The molecule has 5 nitrogen and oxygen atoms in total. The lowest BCUT2D eigenvalue weighted by molar-refractivity contribution is 0.0635. The van der Waals surface area contributed by atoms with Crippen LogP contribution in [0.5, 0.6) is 0 Å². The molecule has 0 bridgehead atoms. The number of likely N-dealkylation sites (tertiary alicyclic amines) is 1. The maximum Gasteiger partial charge on any atom is 0.291 e. The van der Waals surface area contributed by atoms with Crippen LogP contribution in [-0.2, 0) is 0 Å². The standard InChI is InChI=1S/C19H21ClN2O3/c1-12-11-14(19(24)22-10-4-3-5-13(22)2)6-7-15(12)21-18(23)16-8-9-17(20)25-16/h6-9,11,13H,3-5,10H2,1-2H3,(H,21,23). The van der Waals surface area contributed by atoms with Crippen LogP contribution in [0.4, 0.5) is 5.69 Å². The van der Waals surface area contributed by atoms with Crippen LogP contribution >= 0.6 is 11.6 Å². The number of halogens is 1. The molecule has 1 N–H and O–H groups in total. The predicted molar refractivity (Wildman–Crippen MR) is 97.2 cm³/mol. The SMILES string of the molecule is Cc1cc(C(=O)N2CCCCC2C)ccc1NC(=O)c1ccc(Cl)o1. The van der Waals surface area contributed by atoms with Crippen molar-refractivity contribution in [1.29, 1.82) is 0 Å². The van der Waals surface area contributed by atoms with Crippen molar-refractivity contribution < 1.29 is 14.0 Å². The first kappa shape index (κ1) is 17.5. The summed E-state index contributed by atoms with van der Waals surface area (Å²) in [6.45, 7) is 4.75. The second-order valence-corrected chi connectivity index (χ2v) is 6.80. The van der Waals surface area contributed by atoms with Gasteiger partial charge in [-0.2, -0.15) is 0 Å². The van der Waals surface area contributed by atoms with Gasteiger partial charge >= 0.3 is 0 Å². The maximum atomic E-state index is 12.7. The van der Waals surface area contributed by atoms with Gasteiger partial charge in [-0.15, -0.1) is 0 Å². The van der Waals surface area contributed by atoms with E-state index in [1.165, 1.54) is 18.6 Å². The van der Waals surface area contributed by atoms with Gasteiger partial charge in [0, 0.05) is 23.8 Å². The molecule has 0 aliphatic carbocycles. The van der Waals surface area contributed by atoms with Crippen molar-refractivity contribution in [3.05, 3.63) is 52.4 Å². The van der Waals surface area contributed by atoms with Crippen molar-refractivity contribution in [2.45, 2.75) is 39.2 Å². The molecule has 1 saturated heterocycles. The molecule has 1 aromatic heterocycles. The third-order valence-corrected chi connectivity index (χ3v) is 4.79. The molecule has 0 saturated carbocycles. The highest BCUT2D eigenvalue weighted by molar-refractivity contribution is 6.29. The van der Waals surface area contributed by atoms with Crippen molar-refractivity contribution in [3.8, 4) is 0 Å². The molecule has 0 spiro atoms. The predicted octanol–water partition coefficient (Wildman–Crippen LogP) is 4.51. The van der Waals surface area contributed by atoms with Crippen LogP contribution in [0.15, 0.2) is 34.7 Å². The van der Waals surface area contributed by atoms with Gasteiger partial charge in [-0.05, 0) is 80.6 Å². The highest BCUT2D eigenvalue weighted by atomic mass is 35.5. The molecule has 132 valence electrons.